The van der Waals surface area contributed by atoms with Crippen LogP contribution in [0.3, 0.4) is 0 Å². The summed E-state index contributed by atoms with van der Waals surface area (Å²) in [4.78, 5) is 2.74. The van der Waals surface area contributed by atoms with Gasteiger partial charge >= 0.3 is 28.4 Å². The van der Waals surface area contributed by atoms with Crippen LogP contribution in [0.25, 0.3) is 0 Å². The summed E-state index contributed by atoms with van der Waals surface area (Å²) in [5.74, 6) is 1.42. The Morgan fingerprint density at radius 1 is 1.05 bits per heavy atom. The smallest absolute Gasteiger partial charge is 0.108 e. The number of halogens is 2. The van der Waals surface area contributed by atoms with Crippen molar-refractivity contribution < 1.29 is 24.2 Å². The van der Waals surface area contributed by atoms with Crippen molar-refractivity contribution in [1.29, 1.82) is 0 Å². The molecule has 136 valence electrons. The molecule has 22 heavy (non-hydrogen) atoms. The number of nitrogens with one attached hydrogen (secondary N) is 1. The van der Waals surface area contributed by atoms with E-state index in [1.807, 2.05) is 30.5 Å². The number of H-pyrrole nitrogens is 1. The minimum absolute atomic E-state index is 0. The van der Waals surface area contributed by atoms with Crippen LogP contribution < -0.4 is 0 Å². The molecule has 1 aliphatic rings. The van der Waals surface area contributed by atoms with Crippen molar-refractivity contribution in [1.82, 2.24) is 4.98 Å². The molecule has 0 spiro atoms. The van der Waals surface area contributed by atoms with E-state index >= 15 is 0 Å². The van der Waals surface area contributed by atoms with Gasteiger partial charge in [0.15, 0.2) is 0 Å². The summed E-state index contributed by atoms with van der Waals surface area (Å²) in [5, 5.41) is 0. The maximum Gasteiger partial charge on any atom is -0.108 e. The Labute approximate surface area is 169 Å². The number of aromatic nitrogens is 1. The van der Waals surface area contributed by atoms with E-state index in [-0.39, 0.29) is 54.5 Å². The van der Waals surface area contributed by atoms with Gasteiger partial charge in [0.2, 0.25) is 0 Å². The Morgan fingerprint density at radius 3 is 1.59 bits per heavy atom. The fourth-order valence-corrected chi connectivity index (χ4v) is 0.581. The first-order valence-corrected chi connectivity index (χ1v) is 6.80. The second kappa shape index (κ2) is 49.7. The van der Waals surface area contributed by atoms with Gasteiger partial charge in [-0.2, -0.15) is 45.2 Å². The molecule has 0 saturated carbocycles. The monoisotopic (exact) mass is 424 g/mol. The second-order valence-electron chi connectivity index (χ2n) is 3.32. The van der Waals surface area contributed by atoms with E-state index in [4.69, 9.17) is 0 Å². The first-order valence-electron chi connectivity index (χ1n) is 5.06. The van der Waals surface area contributed by atoms with Crippen molar-refractivity contribution >= 4 is 29.0 Å². The Hall–Kier alpha value is 0.0931. The number of rotatable bonds is 0. The van der Waals surface area contributed by atoms with Crippen LogP contribution in [0.5, 0.6) is 0 Å². The molecule has 1 N–H and O–H groups in total. The maximum absolute atomic E-state index is 3.34. The zero-order valence-electron chi connectivity index (χ0n) is 15.2. The fourth-order valence-electron chi connectivity index (χ4n) is 0.581. The summed E-state index contributed by atoms with van der Waals surface area (Å²) in [6.45, 7) is 6.25. The van der Waals surface area contributed by atoms with Crippen molar-refractivity contribution in [2.75, 3.05) is 0 Å². The minimum atomic E-state index is 0. The Kier molecular flexibility index (Phi) is 112. The van der Waals surface area contributed by atoms with Gasteiger partial charge in [0.05, 0.1) is 0 Å². The van der Waals surface area contributed by atoms with Crippen molar-refractivity contribution in [2.24, 2.45) is 0 Å². The van der Waals surface area contributed by atoms with Crippen molar-refractivity contribution in [3.63, 3.8) is 0 Å². The summed E-state index contributed by atoms with van der Waals surface area (Å²) in [5.41, 5.74) is 0. The molecular weight excluding hydrogens is 392 g/mol. The second-order valence-corrected chi connectivity index (χ2v) is 3.32. The van der Waals surface area contributed by atoms with E-state index in [2.05, 4.69) is 48.3 Å². The molecule has 1 aromatic rings. The fraction of sp³-hybridized carbons (Fsp3) is 0.222. The normalized spacial score (nSPS) is 7.59. The number of aromatic amines is 1. The van der Waals surface area contributed by atoms with Gasteiger partial charge in [0.25, 0.3) is 0 Å². The van der Waals surface area contributed by atoms with E-state index in [9.17, 15) is 0 Å². The van der Waals surface area contributed by atoms with Crippen molar-refractivity contribution in [3.8, 4) is 0 Å². The summed E-state index contributed by atoms with van der Waals surface area (Å²) in [7, 11) is 0. The molecule has 0 bridgehead atoms. The van der Waals surface area contributed by atoms with Crippen LogP contribution in [0.15, 0.2) is 36.6 Å². The van der Waals surface area contributed by atoms with E-state index in [1.165, 1.54) is 30.2 Å². The molecule has 0 aromatic carbocycles. The Bertz CT molecular complexity index is 228. The van der Waals surface area contributed by atoms with Crippen molar-refractivity contribution in [2.45, 2.75) is 27.2 Å². The first-order chi connectivity index (χ1) is 7.73. The minimum Gasteiger partial charge on any atom is -0.484 e. The third kappa shape index (κ3) is 71.9. The van der Waals surface area contributed by atoms with Crippen LogP contribution in [0, 0.1) is 47.9 Å². The largest absolute Gasteiger partial charge is 0.484 e. The molecular formula is C18H34Cl2NZr-7. The SMILES string of the molecule is C[C-](C)C.Cl.Cl.[C-]1=CC=CC1.[CH2]=[Zr].[CH3-].[CH3-].[CH3-].[CH3-].[c-]1ccc[nH]1. The van der Waals surface area contributed by atoms with Crippen molar-refractivity contribution in [3.05, 3.63) is 84.5 Å². The molecule has 1 aromatic heterocycles. The van der Waals surface area contributed by atoms with Crippen LogP contribution in [0.1, 0.15) is 27.2 Å². The van der Waals surface area contributed by atoms with Crippen LogP contribution in [0.4, 0.5) is 0 Å². The summed E-state index contributed by atoms with van der Waals surface area (Å²) in [6, 6.07) is 3.71. The van der Waals surface area contributed by atoms with Gasteiger partial charge in [0, 0.05) is 0 Å². The summed E-state index contributed by atoms with van der Waals surface area (Å²) >= 11 is 1.30. The predicted molar refractivity (Wildman–Crippen MR) is 109 cm³/mol. The van der Waals surface area contributed by atoms with Gasteiger partial charge in [-0.05, 0) is 0 Å². The van der Waals surface area contributed by atoms with Gasteiger partial charge in [-0.3, -0.25) is 6.08 Å². The molecule has 1 heterocycles. The average molecular weight is 427 g/mol. The molecule has 0 aliphatic heterocycles. The summed E-state index contributed by atoms with van der Waals surface area (Å²) in [6.07, 6.45) is 14.6. The van der Waals surface area contributed by atoms with Gasteiger partial charge in [-0.15, -0.1) is 37.4 Å². The summed E-state index contributed by atoms with van der Waals surface area (Å²) < 4.78 is 3.34. The molecule has 1 aliphatic carbocycles. The zero-order valence-corrected chi connectivity index (χ0v) is 19.3. The van der Waals surface area contributed by atoms with Crippen LogP contribution in [0.2, 0.25) is 0 Å². The third-order valence-corrected chi connectivity index (χ3v) is 1.03. The molecule has 0 saturated heterocycles. The van der Waals surface area contributed by atoms with Crippen LogP contribution in [-0.2, 0) is 24.2 Å². The van der Waals surface area contributed by atoms with Gasteiger partial charge in [-0.1, -0.05) is 0 Å². The topological polar surface area (TPSA) is 15.8 Å². The molecule has 0 atom stereocenters. The number of allylic oxidation sites excluding steroid dienone is 4. The van der Waals surface area contributed by atoms with Gasteiger partial charge in [0.1, 0.15) is 0 Å². The zero-order chi connectivity index (χ0) is 12.6. The quantitative estimate of drug-likeness (QED) is 0.465. The first kappa shape index (κ1) is 49.5. The van der Waals surface area contributed by atoms with Crippen LogP contribution in [-0.4, -0.2) is 9.20 Å². The van der Waals surface area contributed by atoms with Crippen LogP contribution >= 0.6 is 24.8 Å². The van der Waals surface area contributed by atoms with Gasteiger partial charge < -0.3 is 40.6 Å². The molecule has 1 nitrogen and oxygen atoms in total. The molecule has 0 amide bonds. The molecule has 2 rings (SSSR count). The third-order valence-electron chi connectivity index (χ3n) is 1.03. The molecule has 4 heteroatoms. The maximum atomic E-state index is 3.34. The Morgan fingerprint density at radius 2 is 1.50 bits per heavy atom. The number of hydrogen-bond donors (Lipinski definition) is 1. The molecule has 0 fully saturated rings. The predicted octanol–water partition coefficient (Wildman–Crippen LogP) is 6.35. The van der Waals surface area contributed by atoms with E-state index < -0.39 is 0 Å². The van der Waals surface area contributed by atoms with E-state index in [0.717, 1.165) is 6.42 Å². The van der Waals surface area contributed by atoms with E-state index in [0.29, 0.717) is 0 Å². The molecule has 0 radical (unpaired) electrons. The average Bonchev–Trinajstić information content (AvgIpc) is 2.99. The Balaban J connectivity index is -0.0000000188. The van der Waals surface area contributed by atoms with Gasteiger partial charge in [-0.25, -0.2) is 12.2 Å². The molecule has 0 unspecified atom stereocenters. The number of hydrogen-bond acceptors (Lipinski definition) is 0. The standard InChI is InChI=1S/C5H5.C4H4N.C4H9.4CH3.CH2.2ClH.Zr/c2*1-2-4-5-3-1;1-4(2)3;;;;;;;;/h1-3H,4H2;1-3,5H;1-3H3;4*1H3;1H2;2*1H;/q7*-1;;;;. The van der Waals surface area contributed by atoms with E-state index in [1.54, 1.807) is 0 Å².